The van der Waals surface area contributed by atoms with Crippen molar-refractivity contribution < 1.29 is 14.7 Å². The first-order valence-corrected chi connectivity index (χ1v) is 8.85. The number of hydrogen-bond acceptors (Lipinski definition) is 4. The smallest absolute Gasteiger partial charge is 0.341 e. The van der Waals surface area contributed by atoms with E-state index in [4.69, 9.17) is 0 Å². The van der Waals surface area contributed by atoms with Crippen LogP contribution in [0.15, 0.2) is 24.4 Å². The Morgan fingerprint density at radius 1 is 1.26 bits per heavy atom. The summed E-state index contributed by atoms with van der Waals surface area (Å²) in [6, 6.07) is 5.72. The molecule has 2 heterocycles. The minimum absolute atomic E-state index is 0.0231. The fourth-order valence-electron chi connectivity index (χ4n) is 3.78. The largest absolute Gasteiger partial charge is 0.477 e. The number of carbonyl (C=O) groups excluding carboxylic acids is 1. The molecular formula is C20H20N4O3. The van der Waals surface area contributed by atoms with Gasteiger partial charge < -0.3 is 10.4 Å². The van der Waals surface area contributed by atoms with Crippen molar-refractivity contribution in [3.63, 3.8) is 0 Å². The van der Waals surface area contributed by atoms with Gasteiger partial charge in [0, 0.05) is 5.69 Å². The van der Waals surface area contributed by atoms with Crippen LogP contribution in [-0.4, -0.2) is 31.6 Å². The zero-order chi connectivity index (χ0) is 19.3. The van der Waals surface area contributed by atoms with E-state index in [1.54, 1.807) is 13.0 Å². The Hall–Kier alpha value is -3.22. The van der Waals surface area contributed by atoms with Gasteiger partial charge in [-0.1, -0.05) is 12.1 Å². The predicted molar refractivity (Wildman–Crippen MR) is 99.1 cm³/mol. The number of nitrogens with zero attached hydrogens (tertiary/aromatic N) is 3. The number of hydrogen-bond donors (Lipinski definition) is 2. The molecule has 0 saturated heterocycles. The highest BCUT2D eigenvalue weighted by molar-refractivity contribution is 5.97. The van der Waals surface area contributed by atoms with Crippen molar-refractivity contribution in [2.24, 2.45) is 0 Å². The van der Waals surface area contributed by atoms with Gasteiger partial charge in [0.2, 0.25) is 0 Å². The molecule has 7 nitrogen and oxygen atoms in total. The Bertz CT molecular complexity index is 1100. The van der Waals surface area contributed by atoms with E-state index in [-0.39, 0.29) is 28.9 Å². The fraction of sp³-hybridized carbons (Fsp3) is 0.300. The summed E-state index contributed by atoms with van der Waals surface area (Å²) in [7, 11) is 0. The normalized spacial score (nSPS) is 15.7. The summed E-state index contributed by atoms with van der Waals surface area (Å²) in [5, 5.41) is 16.4. The lowest BCUT2D eigenvalue weighted by molar-refractivity contribution is 0.0698. The van der Waals surface area contributed by atoms with Crippen LogP contribution in [0.5, 0.6) is 0 Å². The van der Waals surface area contributed by atoms with E-state index < -0.39 is 5.97 Å². The summed E-state index contributed by atoms with van der Waals surface area (Å²) in [6.07, 6.45) is 3.00. The molecule has 0 radical (unpaired) electrons. The molecule has 1 aromatic carbocycles. The standard InChI is InChI=1S/C20H20N4O3/c1-10-4-5-14-13(12(10)3)6-7-16(14)23-19(25)17-8-11(2)22-18-15(20(26)27)9-21-24(17)18/h4-5,8-9,16H,6-7H2,1-3H3,(H,23,25)(H,26,27). The molecule has 7 heteroatoms. The fourth-order valence-corrected chi connectivity index (χ4v) is 3.78. The number of carboxylic acid groups (broad SMARTS) is 1. The van der Waals surface area contributed by atoms with Crippen molar-refractivity contribution in [1.29, 1.82) is 0 Å². The van der Waals surface area contributed by atoms with Crippen molar-refractivity contribution in [2.45, 2.75) is 39.7 Å². The minimum atomic E-state index is -1.12. The quantitative estimate of drug-likeness (QED) is 0.745. The van der Waals surface area contributed by atoms with E-state index in [2.05, 4.69) is 41.4 Å². The highest BCUT2D eigenvalue weighted by Gasteiger charge is 2.27. The van der Waals surface area contributed by atoms with Gasteiger partial charge >= 0.3 is 5.97 Å². The molecule has 0 spiro atoms. The van der Waals surface area contributed by atoms with Crippen LogP contribution in [0.25, 0.3) is 5.65 Å². The van der Waals surface area contributed by atoms with Gasteiger partial charge in [0.05, 0.1) is 12.2 Å². The van der Waals surface area contributed by atoms with Crippen LogP contribution in [0.4, 0.5) is 0 Å². The first kappa shape index (κ1) is 17.2. The minimum Gasteiger partial charge on any atom is -0.477 e. The van der Waals surface area contributed by atoms with E-state index >= 15 is 0 Å². The molecule has 0 fully saturated rings. The van der Waals surface area contributed by atoms with E-state index in [1.807, 2.05) is 0 Å². The third-order valence-corrected chi connectivity index (χ3v) is 5.33. The summed E-state index contributed by atoms with van der Waals surface area (Å²) < 4.78 is 1.29. The van der Waals surface area contributed by atoms with Gasteiger partial charge in [-0.15, -0.1) is 0 Å². The maximum Gasteiger partial charge on any atom is 0.341 e. The van der Waals surface area contributed by atoms with Crippen LogP contribution in [-0.2, 0) is 6.42 Å². The van der Waals surface area contributed by atoms with Crippen LogP contribution < -0.4 is 5.32 Å². The van der Waals surface area contributed by atoms with Gasteiger partial charge in [0.15, 0.2) is 5.65 Å². The van der Waals surface area contributed by atoms with Crippen molar-refractivity contribution in [3.8, 4) is 0 Å². The van der Waals surface area contributed by atoms with Crippen LogP contribution in [0, 0.1) is 20.8 Å². The molecule has 4 rings (SSSR count). The Morgan fingerprint density at radius 2 is 2.04 bits per heavy atom. The number of fused-ring (bicyclic) bond motifs is 2. The number of aromatic carboxylic acids is 1. The van der Waals surface area contributed by atoms with E-state index in [1.165, 1.54) is 27.4 Å². The molecule has 1 aliphatic rings. The lowest BCUT2D eigenvalue weighted by Gasteiger charge is -2.16. The predicted octanol–water partition coefficient (Wildman–Crippen LogP) is 2.77. The molecule has 1 unspecified atom stereocenters. The summed E-state index contributed by atoms with van der Waals surface area (Å²) >= 11 is 0. The molecule has 0 saturated carbocycles. The van der Waals surface area contributed by atoms with Crippen molar-refractivity contribution in [3.05, 3.63) is 63.6 Å². The summed E-state index contributed by atoms with van der Waals surface area (Å²) in [4.78, 5) is 28.5. The highest BCUT2D eigenvalue weighted by Crippen LogP contribution is 2.34. The summed E-state index contributed by atoms with van der Waals surface area (Å²) in [5.41, 5.74) is 5.99. The SMILES string of the molecule is Cc1cc(C(=O)NC2CCc3c2ccc(C)c3C)n2ncc(C(=O)O)c2n1. The van der Waals surface area contributed by atoms with Gasteiger partial charge in [-0.3, -0.25) is 4.79 Å². The maximum absolute atomic E-state index is 13.0. The van der Waals surface area contributed by atoms with E-state index in [0.717, 1.165) is 18.4 Å². The first-order chi connectivity index (χ1) is 12.9. The maximum atomic E-state index is 13.0. The molecule has 1 amide bonds. The number of carbonyl (C=O) groups is 2. The second-order valence-corrected chi connectivity index (χ2v) is 7.02. The Balaban J connectivity index is 1.70. The second kappa shape index (κ2) is 6.19. The number of aryl methyl sites for hydroxylation is 2. The highest BCUT2D eigenvalue weighted by atomic mass is 16.4. The van der Waals surface area contributed by atoms with Gasteiger partial charge in [-0.05, 0) is 61.9 Å². The average Bonchev–Trinajstić information content (AvgIpc) is 3.22. The molecule has 2 N–H and O–H groups in total. The molecule has 0 bridgehead atoms. The number of rotatable bonds is 3. The van der Waals surface area contributed by atoms with Crippen molar-refractivity contribution >= 4 is 17.5 Å². The third-order valence-electron chi connectivity index (χ3n) is 5.33. The molecular weight excluding hydrogens is 344 g/mol. The molecule has 2 aromatic heterocycles. The molecule has 27 heavy (non-hydrogen) atoms. The van der Waals surface area contributed by atoms with Gasteiger partial charge in [-0.2, -0.15) is 5.10 Å². The van der Waals surface area contributed by atoms with Crippen LogP contribution in [0.1, 0.15) is 61.3 Å². The number of carboxylic acids is 1. The van der Waals surface area contributed by atoms with Crippen molar-refractivity contribution in [2.75, 3.05) is 0 Å². The second-order valence-electron chi connectivity index (χ2n) is 7.02. The van der Waals surface area contributed by atoms with E-state index in [9.17, 15) is 14.7 Å². The number of benzene rings is 1. The molecule has 3 aromatic rings. The summed E-state index contributed by atoms with van der Waals surface area (Å²) in [5.74, 6) is -1.41. The molecule has 0 aliphatic heterocycles. The van der Waals surface area contributed by atoms with E-state index in [0.29, 0.717) is 5.69 Å². The van der Waals surface area contributed by atoms with Crippen molar-refractivity contribution in [1.82, 2.24) is 19.9 Å². The van der Waals surface area contributed by atoms with Gasteiger partial charge in [0.1, 0.15) is 11.3 Å². The molecule has 1 atom stereocenters. The molecule has 1 aliphatic carbocycles. The zero-order valence-electron chi connectivity index (χ0n) is 15.4. The lowest BCUT2D eigenvalue weighted by Crippen LogP contribution is -2.29. The van der Waals surface area contributed by atoms with Crippen LogP contribution in [0.2, 0.25) is 0 Å². The Morgan fingerprint density at radius 3 is 2.78 bits per heavy atom. The average molecular weight is 364 g/mol. The third kappa shape index (κ3) is 2.75. The van der Waals surface area contributed by atoms with Crippen LogP contribution in [0.3, 0.4) is 0 Å². The van der Waals surface area contributed by atoms with Gasteiger partial charge in [-0.25, -0.2) is 14.3 Å². The number of nitrogens with one attached hydrogen (secondary N) is 1. The number of aromatic nitrogens is 3. The Kier molecular flexibility index (Phi) is 3.95. The topological polar surface area (TPSA) is 96.6 Å². The van der Waals surface area contributed by atoms with Crippen LogP contribution >= 0.6 is 0 Å². The first-order valence-electron chi connectivity index (χ1n) is 8.85. The zero-order valence-corrected chi connectivity index (χ0v) is 15.4. The molecule has 138 valence electrons. The number of amides is 1. The summed E-state index contributed by atoms with van der Waals surface area (Å²) in [6.45, 7) is 5.94. The monoisotopic (exact) mass is 364 g/mol. The van der Waals surface area contributed by atoms with Gasteiger partial charge in [0.25, 0.3) is 5.91 Å². The Labute approximate surface area is 156 Å². The lowest BCUT2D eigenvalue weighted by atomic mass is 9.99.